The second kappa shape index (κ2) is 5.92. The minimum absolute atomic E-state index is 0.464. The fourth-order valence-electron chi connectivity index (χ4n) is 2.31. The van der Waals surface area contributed by atoms with E-state index in [4.69, 9.17) is 4.74 Å². The maximum atomic E-state index is 5.46. The number of rotatable bonds is 4. The van der Waals surface area contributed by atoms with Gasteiger partial charge in [-0.3, -0.25) is 4.98 Å². The predicted octanol–water partition coefficient (Wildman–Crippen LogP) is 1.92. The summed E-state index contributed by atoms with van der Waals surface area (Å²) in [6, 6.07) is 13.0. The number of ether oxygens (including phenoxy) is 1. The van der Waals surface area contributed by atoms with Crippen molar-refractivity contribution in [2.24, 2.45) is 0 Å². The number of pyridine rings is 1. The minimum Gasteiger partial charge on any atom is -0.494 e. The maximum absolute atomic E-state index is 5.46. The molecule has 8 nitrogen and oxygen atoms in total. The molecule has 3 aromatic heterocycles. The Balaban J connectivity index is 1.71. The summed E-state index contributed by atoms with van der Waals surface area (Å²) in [4.78, 5) is 5.67. The van der Waals surface area contributed by atoms with E-state index in [0.29, 0.717) is 17.3 Å². The third-order valence-corrected chi connectivity index (χ3v) is 3.45. The first-order chi connectivity index (χ1) is 11.8. The van der Waals surface area contributed by atoms with Crippen LogP contribution in [0.25, 0.3) is 22.9 Å². The highest BCUT2D eigenvalue weighted by Gasteiger charge is 2.11. The molecule has 0 spiro atoms. The molecule has 0 N–H and O–H groups in total. The first-order valence-electron chi connectivity index (χ1n) is 7.25. The van der Waals surface area contributed by atoms with E-state index < -0.39 is 0 Å². The summed E-state index contributed by atoms with van der Waals surface area (Å²) >= 11 is 0. The molecule has 0 atom stereocenters. The molecular formula is C16H13N7O. The summed E-state index contributed by atoms with van der Waals surface area (Å²) in [5.41, 5.74) is 2.23. The standard InChI is InChI=1S/C16H13N7O/c1-24-15-11-12(6-7-14(15)22-10-4-9-18-22)23-20-16(19-21-23)13-5-2-3-8-17-13/h2-11H,1H3. The second-order valence-electron chi connectivity index (χ2n) is 4.92. The topological polar surface area (TPSA) is 83.5 Å². The molecule has 4 rings (SSSR count). The fourth-order valence-corrected chi connectivity index (χ4v) is 2.31. The molecule has 0 aliphatic carbocycles. The fraction of sp³-hybridized carbons (Fsp3) is 0.0625. The SMILES string of the molecule is COc1cc(-n2nnc(-c3ccccn3)n2)ccc1-n1cccn1. The number of benzene rings is 1. The van der Waals surface area contributed by atoms with Crippen LogP contribution in [0.2, 0.25) is 0 Å². The highest BCUT2D eigenvalue weighted by molar-refractivity contribution is 5.53. The molecule has 0 amide bonds. The van der Waals surface area contributed by atoms with Gasteiger partial charge in [0, 0.05) is 24.7 Å². The quantitative estimate of drug-likeness (QED) is 0.571. The lowest BCUT2D eigenvalue weighted by Gasteiger charge is -2.09. The van der Waals surface area contributed by atoms with E-state index in [1.165, 1.54) is 4.80 Å². The first kappa shape index (κ1) is 14.1. The van der Waals surface area contributed by atoms with Crippen LogP contribution in [-0.4, -0.2) is 42.1 Å². The Hall–Kier alpha value is -3.55. The Morgan fingerprint density at radius 2 is 2.00 bits per heavy atom. The number of hydrogen-bond donors (Lipinski definition) is 0. The van der Waals surface area contributed by atoms with Crippen LogP contribution in [0.4, 0.5) is 0 Å². The van der Waals surface area contributed by atoms with Gasteiger partial charge in [0.2, 0.25) is 5.82 Å². The zero-order valence-electron chi connectivity index (χ0n) is 12.8. The molecule has 0 unspecified atom stereocenters. The van der Waals surface area contributed by atoms with E-state index in [1.807, 2.05) is 48.7 Å². The summed E-state index contributed by atoms with van der Waals surface area (Å²) < 4.78 is 7.19. The monoisotopic (exact) mass is 319 g/mol. The molecule has 3 heterocycles. The van der Waals surface area contributed by atoms with Crippen molar-refractivity contribution < 1.29 is 4.74 Å². The van der Waals surface area contributed by atoms with Crippen LogP contribution < -0.4 is 4.74 Å². The van der Waals surface area contributed by atoms with Crippen molar-refractivity contribution in [1.29, 1.82) is 0 Å². The molecule has 8 heteroatoms. The molecule has 0 aliphatic heterocycles. The predicted molar refractivity (Wildman–Crippen MR) is 86.1 cm³/mol. The van der Waals surface area contributed by atoms with Crippen molar-refractivity contribution in [1.82, 2.24) is 35.0 Å². The van der Waals surface area contributed by atoms with Gasteiger partial charge in [-0.15, -0.1) is 15.0 Å². The average Bonchev–Trinajstić information content (AvgIpc) is 3.34. The van der Waals surface area contributed by atoms with E-state index in [0.717, 1.165) is 11.4 Å². The molecule has 0 bridgehead atoms. The van der Waals surface area contributed by atoms with Crippen molar-refractivity contribution in [3.05, 3.63) is 61.1 Å². The summed E-state index contributed by atoms with van der Waals surface area (Å²) in [5, 5.41) is 16.7. The third kappa shape index (κ3) is 2.50. The smallest absolute Gasteiger partial charge is 0.223 e. The zero-order valence-corrected chi connectivity index (χ0v) is 12.8. The Bertz CT molecular complexity index is 948. The van der Waals surface area contributed by atoms with Crippen LogP contribution in [0, 0.1) is 0 Å². The van der Waals surface area contributed by atoms with Gasteiger partial charge in [-0.25, -0.2) is 4.68 Å². The Kier molecular flexibility index (Phi) is 3.47. The van der Waals surface area contributed by atoms with Crippen LogP contribution >= 0.6 is 0 Å². The van der Waals surface area contributed by atoms with Gasteiger partial charge in [0.25, 0.3) is 0 Å². The van der Waals surface area contributed by atoms with E-state index >= 15 is 0 Å². The minimum atomic E-state index is 0.464. The summed E-state index contributed by atoms with van der Waals surface area (Å²) in [7, 11) is 1.61. The Labute approximate surface area is 137 Å². The highest BCUT2D eigenvalue weighted by Crippen LogP contribution is 2.25. The lowest BCUT2D eigenvalue weighted by atomic mass is 10.2. The normalized spacial score (nSPS) is 10.7. The van der Waals surface area contributed by atoms with Gasteiger partial charge in [0.1, 0.15) is 17.1 Å². The van der Waals surface area contributed by atoms with E-state index in [2.05, 4.69) is 25.5 Å². The van der Waals surface area contributed by atoms with Crippen LogP contribution in [0.5, 0.6) is 5.75 Å². The molecule has 0 aliphatic rings. The van der Waals surface area contributed by atoms with Crippen LogP contribution in [0.3, 0.4) is 0 Å². The lowest BCUT2D eigenvalue weighted by Crippen LogP contribution is -2.03. The number of tetrazole rings is 1. The van der Waals surface area contributed by atoms with Crippen molar-refractivity contribution in [3.63, 3.8) is 0 Å². The van der Waals surface area contributed by atoms with Crippen molar-refractivity contribution >= 4 is 0 Å². The molecule has 4 aromatic rings. The summed E-state index contributed by atoms with van der Waals surface area (Å²) in [5.74, 6) is 1.12. The van der Waals surface area contributed by atoms with Crippen molar-refractivity contribution in [2.75, 3.05) is 7.11 Å². The van der Waals surface area contributed by atoms with Gasteiger partial charge in [-0.1, -0.05) is 6.07 Å². The van der Waals surface area contributed by atoms with Gasteiger partial charge in [-0.2, -0.15) is 5.10 Å². The number of methoxy groups -OCH3 is 1. The van der Waals surface area contributed by atoms with E-state index in [-0.39, 0.29) is 0 Å². The van der Waals surface area contributed by atoms with Crippen LogP contribution in [0.15, 0.2) is 61.1 Å². The van der Waals surface area contributed by atoms with Gasteiger partial charge in [0.05, 0.1) is 12.8 Å². The van der Waals surface area contributed by atoms with E-state index in [9.17, 15) is 0 Å². The number of aromatic nitrogens is 7. The zero-order chi connectivity index (χ0) is 16.4. The highest BCUT2D eigenvalue weighted by atomic mass is 16.5. The molecule has 1 aromatic carbocycles. The summed E-state index contributed by atoms with van der Waals surface area (Å²) in [6.07, 6.45) is 5.26. The molecular weight excluding hydrogens is 306 g/mol. The second-order valence-corrected chi connectivity index (χ2v) is 4.92. The van der Waals surface area contributed by atoms with Gasteiger partial charge in [-0.05, 0) is 35.5 Å². The van der Waals surface area contributed by atoms with E-state index in [1.54, 1.807) is 24.2 Å². The van der Waals surface area contributed by atoms with Crippen LogP contribution in [-0.2, 0) is 0 Å². The Morgan fingerprint density at radius 1 is 1.04 bits per heavy atom. The van der Waals surface area contributed by atoms with Gasteiger partial charge < -0.3 is 4.74 Å². The van der Waals surface area contributed by atoms with Crippen LogP contribution in [0.1, 0.15) is 0 Å². The number of hydrogen-bond acceptors (Lipinski definition) is 6. The average molecular weight is 319 g/mol. The molecule has 0 radical (unpaired) electrons. The Morgan fingerprint density at radius 3 is 2.75 bits per heavy atom. The van der Waals surface area contributed by atoms with Crippen molar-refractivity contribution in [3.8, 4) is 28.6 Å². The molecule has 0 saturated carbocycles. The van der Waals surface area contributed by atoms with Gasteiger partial charge in [0.15, 0.2) is 0 Å². The lowest BCUT2D eigenvalue weighted by molar-refractivity contribution is 0.411. The largest absolute Gasteiger partial charge is 0.494 e. The molecule has 0 saturated heterocycles. The van der Waals surface area contributed by atoms with Gasteiger partial charge >= 0.3 is 0 Å². The third-order valence-electron chi connectivity index (χ3n) is 3.45. The summed E-state index contributed by atoms with van der Waals surface area (Å²) in [6.45, 7) is 0. The molecule has 118 valence electrons. The first-order valence-corrected chi connectivity index (χ1v) is 7.25. The maximum Gasteiger partial charge on any atom is 0.223 e. The number of nitrogens with zero attached hydrogens (tertiary/aromatic N) is 7. The molecule has 0 fully saturated rings. The van der Waals surface area contributed by atoms with Crippen molar-refractivity contribution in [2.45, 2.75) is 0 Å². The molecule has 24 heavy (non-hydrogen) atoms.